The quantitative estimate of drug-likeness (QED) is 0.448. The van der Waals surface area contributed by atoms with Crippen molar-refractivity contribution in [1.82, 2.24) is 0 Å². The number of ether oxygens (including phenoxy) is 2. The van der Waals surface area contributed by atoms with Crippen LogP contribution in [0.4, 0.5) is 0 Å². The Kier molecular flexibility index (Phi) is 2.86. The number of hydrogen-bond donors (Lipinski definition) is 0. The number of benzene rings is 1. The first-order valence-electron chi connectivity index (χ1n) is 9.30. The predicted octanol–water partition coefficient (Wildman–Crippen LogP) is 4.50. The number of alkyl halides is 1. The molecule has 4 heteroatoms. The number of halogens is 1. The fourth-order valence-corrected chi connectivity index (χ4v) is 2.24. The molecule has 1 unspecified atom stereocenters. The van der Waals surface area contributed by atoms with Gasteiger partial charge in [0, 0.05) is 13.1 Å². The molecular formula is C16H19BrO3. The Hall–Kier alpha value is -1.29. The van der Waals surface area contributed by atoms with Crippen molar-refractivity contribution in [3.05, 3.63) is 35.1 Å². The second-order valence-corrected chi connectivity index (χ2v) is 6.10. The molecule has 0 radical (unpaired) electrons. The normalized spacial score (nSPS) is 20.5. The highest BCUT2D eigenvalue weighted by Crippen LogP contribution is 2.38. The van der Waals surface area contributed by atoms with Gasteiger partial charge in [0.2, 0.25) is 5.78 Å². The minimum Gasteiger partial charge on any atom is -0.493 e. The molecule has 20 heavy (non-hydrogen) atoms. The molecule has 1 heterocycles. The van der Waals surface area contributed by atoms with E-state index in [2.05, 4.69) is 15.9 Å². The van der Waals surface area contributed by atoms with Crippen molar-refractivity contribution in [2.24, 2.45) is 0 Å². The zero-order valence-electron chi connectivity index (χ0n) is 17.0. The molecule has 1 aliphatic rings. The Bertz CT molecular complexity index is 706. The van der Waals surface area contributed by atoms with Crippen molar-refractivity contribution >= 4 is 21.7 Å². The molecule has 108 valence electrons. The van der Waals surface area contributed by atoms with Gasteiger partial charge < -0.3 is 9.47 Å². The summed E-state index contributed by atoms with van der Waals surface area (Å²) in [6, 6.07) is 4.65. The molecule has 0 bridgehead atoms. The van der Waals surface area contributed by atoms with Crippen molar-refractivity contribution in [2.45, 2.75) is 38.3 Å². The second-order valence-electron chi connectivity index (χ2n) is 4.54. The summed E-state index contributed by atoms with van der Waals surface area (Å²) in [6.45, 7) is -3.58. The number of carbonyl (C=O) groups excluding carboxylic acids is 1. The van der Waals surface area contributed by atoms with E-state index < -0.39 is 30.8 Å². The highest BCUT2D eigenvalue weighted by atomic mass is 79.9. The topological polar surface area (TPSA) is 35.5 Å². The molecule has 1 aromatic carbocycles. The molecule has 0 saturated carbocycles. The molecule has 0 aliphatic carbocycles. The number of fused-ring (bicyclic) bond motifs is 1. The van der Waals surface area contributed by atoms with Crippen LogP contribution in [0.15, 0.2) is 29.5 Å². The van der Waals surface area contributed by atoms with Gasteiger partial charge in [-0.2, -0.15) is 0 Å². The van der Waals surface area contributed by atoms with E-state index in [0.29, 0.717) is 11.4 Å². The van der Waals surface area contributed by atoms with Crippen LogP contribution < -0.4 is 9.47 Å². The molecule has 0 spiro atoms. The monoisotopic (exact) mass is 344 g/mol. The van der Waals surface area contributed by atoms with E-state index in [1.54, 1.807) is 12.1 Å². The highest BCUT2D eigenvalue weighted by molar-refractivity contribution is 9.09. The summed E-state index contributed by atoms with van der Waals surface area (Å²) in [5.74, 6) is -1.10. The van der Waals surface area contributed by atoms with Crippen LogP contribution in [0.5, 0.6) is 11.5 Å². The average molecular weight is 345 g/mol. The summed E-state index contributed by atoms with van der Waals surface area (Å²) in [5.41, 5.74) is -0.911. The maximum atomic E-state index is 12.7. The fourth-order valence-electron chi connectivity index (χ4n) is 1.92. The zero-order valence-corrected chi connectivity index (χ0v) is 12.6. The van der Waals surface area contributed by atoms with Gasteiger partial charge in [-0.1, -0.05) is 28.9 Å². The highest BCUT2D eigenvalue weighted by Gasteiger charge is 2.31. The molecule has 0 amide bonds. The smallest absolute Gasteiger partial charge is 0.235 e. The molecule has 2 rings (SSSR count). The number of allylic oxidation sites excluding steroid dienone is 2. The van der Waals surface area contributed by atoms with Crippen LogP contribution in [0.1, 0.15) is 52.1 Å². The van der Waals surface area contributed by atoms with Crippen LogP contribution in [0, 0.1) is 0 Å². The Balaban J connectivity index is 2.37. The average Bonchev–Trinajstić information content (AvgIpc) is 2.78. The van der Waals surface area contributed by atoms with Gasteiger partial charge in [0.05, 0.1) is 6.61 Å². The van der Waals surface area contributed by atoms with Crippen LogP contribution in [0.3, 0.4) is 0 Å². The van der Waals surface area contributed by atoms with E-state index in [4.69, 9.17) is 17.7 Å². The van der Waals surface area contributed by atoms with Crippen LogP contribution in [-0.4, -0.2) is 17.2 Å². The number of carbonyl (C=O) groups is 1. The number of hydrogen-bond acceptors (Lipinski definition) is 3. The van der Waals surface area contributed by atoms with Crippen LogP contribution in [-0.2, 0) is 0 Å². The molecular weight excluding hydrogens is 320 g/mol. The van der Waals surface area contributed by atoms with Crippen molar-refractivity contribution in [3.63, 3.8) is 0 Å². The van der Waals surface area contributed by atoms with E-state index in [1.165, 1.54) is 6.07 Å². The minimum absolute atomic E-state index is 0.0559. The van der Waals surface area contributed by atoms with Gasteiger partial charge in [-0.3, -0.25) is 4.79 Å². The van der Waals surface area contributed by atoms with E-state index in [-0.39, 0.29) is 17.1 Å². The summed E-state index contributed by atoms with van der Waals surface area (Å²) in [6.07, 6.45) is 1.64. The molecule has 0 fully saturated rings. The minimum atomic E-state index is -2.98. The second kappa shape index (κ2) is 6.44. The van der Waals surface area contributed by atoms with Gasteiger partial charge in [0.25, 0.3) is 0 Å². The molecule has 1 atom stereocenters. The first-order chi connectivity index (χ1) is 11.9. The number of Topliss-reactive ketones (excluding diaryl/α,β-unsaturated/α-hetero) is 1. The van der Waals surface area contributed by atoms with Gasteiger partial charge >= 0.3 is 0 Å². The maximum Gasteiger partial charge on any atom is 0.235 e. The predicted molar refractivity (Wildman–Crippen MR) is 82.9 cm³/mol. The lowest BCUT2D eigenvalue weighted by molar-refractivity contribution is 0.101. The zero-order chi connectivity index (χ0) is 19.7. The van der Waals surface area contributed by atoms with Crippen molar-refractivity contribution in [3.8, 4) is 11.5 Å². The maximum absolute atomic E-state index is 12.7. The summed E-state index contributed by atoms with van der Waals surface area (Å²) in [5, 5.41) is 0. The van der Waals surface area contributed by atoms with Gasteiger partial charge in [-0.15, -0.1) is 0 Å². The van der Waals surface area contributed by atoms with Gasteiger partial charge in [0.1, 0.15) is 17.1 Å². The first kappa shape index (κ1) is 8.88. The largest absolute Gasteiger partial charge is 0.493 e. The molecule has 0 aromatic heterocycles. The third kappa shape index (κ3) is 3.23. The summed E-state index contributed by atoms with van der Waals surface area (Å²) in [4.78, 5) is 13.1. The Morgan fingerprint density at radius 2 is 2.30 bits per heavy atom. The fraction of sp³-hybridized carbons (Fsp3) is 0.438. The standard InChI is InChI=1S/C16H19BrO3/c1-10(2)16-15(18)14-12(7-4-8-13(14)20-16)19-9-5-6-11(3)17/h4,7-8,11H,5-6,9H2,1-3H3/i1D3,2D3. The van der Waals surface area contributed by atoms with Crippen molar-refractivity contribution < 1.29 is 22.5 Å². The number of rotatable bonds is 5. The van der Waals surface area contributed by atoms with Crippen LogP contribution in [0.2, 0.25) is 0 Å². The third-order valence-corrected chi connectivity index (χ3v) is 3.32. The molecule has 1 aliphatic heterocycles. The van der Waals surface area contributed by atoms with Gasteiger partial charge in [0.15, 0.2) is 5.76 Å². The lowest BCUT2D eigenvalue weighted by Gasteiger charge is -2.09. The Morgan fingerprint density at radius 1 is 1.50 bits per heavy atom. The molecule has 0 saturated heterocycles. The van der Waals surface area contributed by atoms with Crippen molar-refractivity contribution in [1.29, 1.82) is 0 Å². The summed E-state index contributed by atoms with van der Waals surface area (Å²) >= 11 is 3.44. The lowest BCUT2D eigenvalue weighted by Crippen LogP contribution is -2.05. The Morgan fingerprint density at radius 3 is 3.00 bits per heavy atom. The van der Waals surface area contributed by atoms with E-state index in [9.17, 15) is 4.79 Å². The third-order valence-electron chi connectivity index (χ3n) is 2.86. The van der Waals surface area contributed by atoms with Crippen LogP contribution >= 0.6 is 15.9 Å². The summed E-state index contributed by atoms with van der Waals surface area (Å²) < 4.78 is 55.9. The van der Waals surface area contributed by atoms with Crippen molar-refractivity contribution in [2.75, 3.05) is 6.61 Å². The first-order valence-corrected chi connectivity index (χ1v) is 7.22. The van der Waals surface area contributed by atoms with E-state index in [1.807, 2.05) is 6.92 Å². The Labute approximate surface area is 136 Å². The van der Waals surface area contributed by atoms with Gasteiger partial charge in [-0.05, 0) is 44.3 Å². The number of ketones is 1. The molecule has 3 nitrogen and oxygen atoms in total. The molecule has 0 N–H and O–H groups in total. The SMILES string of the molecule is [2H]C([2H])([2H])C(=C1Oc2cccc(OCCCC(C)Br)c2C1=O)C([2H])([2H])[2H]. The van der Waals surface area contributed by atoms with E-state index >= 15 is 0 Å². The van der Waals surface area contributed by atoms with Crippen LogP contribution in [0.25, 0.3) is 0 Å². The lowest BCUT2D eigenvalue weighted by atomic mass is 10.1. The van der Waals surface area contributed by atoms with E-state index in [0.717, 1.165) is 12.8 Å². The summed E-state index contributed by atoms with van der Waals surface area (Å²) in [7, 11) is 0. The molecule has 1 aromatic rings. The van der Waals surface area contributed by atoms with Gasteiger partial charge in [-0.25, -0.2) is 0 Å².